The van der Waals surface area contributed by atoms with Crippen LogP contribution in [0.1, 0.15) is 30.9 Å². The van der Waals surface area contributed by atoms with E-state index in [-0.39, 0.29) is 35.8 Å². The van der Waals surface area contributed by atoms with E-state index in [9.17, 15) is 18.0 Å². The van der Waals surface area contributed by atoms with Crippen molar-refractivity contribution in [3.05, 3.63) is 63.6 Å². The maximum atomic E-state index is 13.5. The van der Waals surface area contributed by atoms with Crippen molar-refractivity contribution in [2.45, 2.75) is 38.1 Å². The van der Waals surface area contributed by atoms with E-state index < -0.39 is 10.0 Å². The quantitative estimate of drug-likeness (QED) is 0.479. The first-order valence-corrected chi connectivity index (χ1v) is 13.3. The van der Waals surface area contributed by atoms with Crippen LogP contribution in [0.25, 0.3) is 0 Å². The second-order valence-corrected chi connectivity index (χ2v) is 10.9. The number of sulfonamides is 1. The van der Waals surface area contributed by atoms with Crippen molar-refractivity contribution in [3.63, 3.8) is 0 Å². The van der Waals surface area contributed by atoms with Crippen LogP contribution in [0, 0.1) is 12.8 Å². The fourth-order valence-electron chi connectivity index (χ4n) is 3.82. The SMILES string of the molecule is CCOC(=O)C1CCN(C(=O)CN(Cc2c(Cl)cccc2Cl)S(=O)(=O)c2ccc(C)cc2)CC1. The van der Waals surface area contributed by atoms with Crippen molar-refractivity contribution in [2.75, 3.05) is 26.2 Å². The summed E-state index contributed by atoms with van der Waals surface area (Å²) in [4.78, 5) is 26.8. The second kappa shape index (κ2) is 11.5. The van der Waals surface area contributed by atoms with Crippen LogP contribution >= 0.6 is 23.2 Å². The lowest BCUT2D eigenvalue weighted by Crippen LogP contribution is -2.46. The smallest absolute Gasteiger partial charge is 0.309 e. The minimum absolute atomic E-state index is 0.0788. The summed E-state index contributed by atoms with van der Waals surface area (Å²) >= 11 is 12.6. The molecule has 0 unspecified atom stereocenters. The van der Waals surface area contributed by atoms with Crippen molar-refractivity contribution < 1.29 is 22.7 Å². The molecular weight excluding hydrogens is 499 g/mol. The summed E-state index contributed by atoms with van der Waals surface area (Å²) in [6.45, 7) is 4.11. The summed E-state index contributed by atoms with van der Waals surface area (Å²) in [5.41, 5.74) is 1.34. The van der Waals surface area contributed by atoms with Gasteiger partial charge in [-0.1, -0.05) is 47.0 Å². The van der Waals surface area contributed by atoms with Gasteiger partial charge >= 0.3 is 5.97 Å². The number of hydrogen-bond acceptors (Lipinski definition) is 5. The van der Waals surface area contributed by atoms with Gasteiger partial charge in [-0.25, -0.2) is 8.42 Å². The van der Waals surface area contributed by atoms with Gasteiger partial charge < -0.3 is 9.64 Å². The van der Waals surface area contributed by atoms with Crippen LogP contribution in [0.5, 0.6) is 0 Å². The Morgan fingerprint density at radius 2 is 1.65 bits per heavy atom. The number of rotatable bonds is 8. The summed E-state index contributed by atoms with van der Waals surface area (Å²) < 4.78 is 33.2. The first-order valence-electron chi connectivity index (χ1n) is 11.1. The maximum absolute atomic E-state index is 13.5. The Morgan fingerprint density at radius 3 is 2.21 bits per heavy atom. The Balaban J connectivity index is 1.82. The van der Waals surface area contributed by atoms with Crippen LogP contribution in [-0.2, 0) is 30.9 Å². The molecule has 0 N–H and O–H groups in total. The minimum Gasteiger partial charge on any atom is -0.466 e. The molecule has 34 heavy (non-hydrogen) atoms. The highest BCUT2D eigenvalue weighted by Gasteiger charge is 2.32. The lowest BCUT2D eigenvalue weighted by Gasteiger charge is -2.32. The Morgan fingerprint density at radius 1 is 1.06 bits per heavy atom. The van der Waals surface area contributed by atoms with Crippen molar-refractivity contribution in [1.82, 2.24) is 9.21 Å². The van der Waals surface area contributed by atoms with E-state index in [1.165, 1.54) is 12.1 Å². The molecule has 0 atom stereocenters. The van der Waals surface area contributed by atoms with Gasteiger partial charge in [-0.3, -0.25) is 9.59 Å². The van der Waals surface area contributed by atoms with Gasteiger partial charge in [0.2, 0.25) is 15.9 Å². The minimum atomic E-state index is -4.02. The number of aryl methyl sites for hydroxylation is 1. The van der Waals surface area contributed by atoms with Gasteiger partial charge in [0.15, 0.2) is 0 Å². The molecule has 184 valence electrons. The molecule has 1 aliphatic heterocycles. The molecule has 0 aromatic heterocycles. The normalized spacial score (nSPS) is 14.9. The highest BCUT2D eigenvalue weighted by molar-refractivity contribution is 7.89. The molecule has 7 nitrogen and oxygen atoms in total. The molecule has 1 aliphatic rings. The molecule has 2 aromatic carbocycles. The number of likely N-dealkylation sites (tertiary alicyclic amines) is 1. The van der Waals surface area contributed by atoms with Gasteiger partial charge in [0.25, 0.3) is 0 Å². The van der Waals surface area contributed by atoms with Gasteiger partial charge in [-0.05, 0) is 51.0 Å². The largest absolute Gasteiger partial charge is 0.466 e. The molecule has 2 aromatic rings. The average molecular weight is 527 g/mol. The number of carbonyl (C=O) groups excluding carboxylic acids is 2. The molecule has 0 bridgehead atoms. The van der Waals surface area contributed by atoms with E-state index in [4.69, 9.17) is 27.9 Å². The van der Waals surface area contributed by atoms with Crippen LogP contribution in [-0.4, -0.2) is 55.7 Å². The van der Waals surface area contributed by atoms with Crippen molar-refractivity contribution in [2.24, 2.45) is 5.92 Å². The summed E-state index contributed by atoms with van der Waals surface area (Å²) in [5, 5.41) is 0.638. The predicted molar refractivity (Wildman–Crippen MR) is 131 cm³/mol. The molecule has 1 saturated heterocycles. The van der Waals surface area contributed by atoms with Gasteiger partial charge in [0, 0.05) is 35.2 Å². The Kier molecular flexibility index (Phi) is 8.98. The zero-order chi connectivity index (χ0) is 24.9. The first-order chi connectivity index (χ1) is 16.1. The van der Waals surface area contributed by atoms with Gasteiger partial charge in [0.1, 0.15) is 0 Å². The third-order valence-corrected chi connectivity index (χ3v) is 8.35. The fraction of sp³-hybridized carbons (Fsp3) is 0.417. The predicted octanol–water partition coefficient (Wildman–Crippen LogP) is 4.29. The van der Waals surface area contributed by atoms with Crippen LogP contribution < -0.4 is 0 Å². The molecule has 0 aliphatic carbocycles. The zero-order valence-electron chi connectivity index (χ0n) is 19.2. The van der Waals surface area contributed by atoms with Crippen LogP contribution in [0.2, 0.25) is 10.0 Å². The number of amides is 1. The molecule has 0 radical (unpaired) electrons. The highest BCUT2D eigenvalue weighted by Crippen LogP contribution is 2.28. The summed E-state index contributed by atoms with van der Waals surface area (Å²) in [5.74, 6) is -0.856. The number of ether oxygens (including phenoxy) is 1. The topological polar surface area (TPSA) is 84.0 Å². The third kappa shape index (κ3) is 6.30. The number of nitrogens with zero attached hydrogens (tertiary/aromatic N) is 2. The van der Waals surface area contributed by atoms with Crippen molar-refractivity contribution in [3.8, 4) is 0 Å². The van der Waals surface area contributed by atoms with Crippen LogP contribution in [0.3, 0.4) is 0 Å². The summed E-state index contributed by atoms with van der Waals surface area (Å²) in [7, 11) is -4.02. The van der Waals surface area contributed by atoms with Gasteiger partial charge in [-0.15, -0.1) is 0 Å². The van der Waals surface area contributed by atoms with Crippen LogP contribution in [0.4, 0.5) is 0 Å². The number of carbonyl (C=O) groups is 2. The standard InChI is InChI=1S/C24H28Cl2N2O5S/c1-3-33-24(30)18-11-13-27(14-12-18)23(29)16-28(15-20-21(25)5-4-6-22(20)26)34(31,32)19-9-7-17(2)8-10-19/h4-10,18H,3,11-16H2,1-2H3. The van der Waals surface area contributed by atoms with Crippen molar-refractivity contribution in [1.29, 1.82) is 0 Å². The van der Waals surface area contributed by atoms with E-state index in [1.54, 1.807) is 42.2 Å². The number of halogens is 2. The maximum Gasteiger partial charge on any atom is 0.309 e. The van der Waals surface area contributed by atoms with E-state index in [1.807, 2.05) is 6.92 Å². The summed E-state index contributed by atoms with van der Waals surface area (Å²) in [6, 6.07) is 11.4. The van der Waals surface area contributed by atoms with E-state index in [0.29, 0.717) is 48.1 Å². The van der Waals surface area contributed by atoms with Gasteiger partial charge in [-0.2, -0.15) is 4.31 Å². The fourth-order valence-corrected chi connectivity index (χ4v) is 5.70. The number of piperidine rings is 1. The molecule has 10 heteroatoms. The molecule has 1 heterocycles. The molecule has 1 amide bonds. The zero-order valence-corrected chi connectivity index (χ0v) is 21.5. The molecule has 0 spiro atoms. The lowest BCUT2D eigenvalue weighted by molar-refractivity contribution is -0.151. The van der Waals surface area contributed by atoms with Crippen LogP contribution in [0.15, 0.2) is 47.4 Å². The number of benzene rings is 2. The van der Waals surface area contributed by atoms with E-state index in [0.717, 1.165) is 9.87 Å². The van der Waals surface area contributed by atoms with Crippen molar-refractivity contribution >= 4 is 45.1 Å². The third-order valence-electron chi connectivity index (χ3n) is 5.83. The summed E-state index contributed by atoms with van der Waals surface area (Å²) in [6.07, 6.45) is 0.956. The molecule has 0 saturated carbocycles. The second-order valence-electron chi connectivity index (χ2n) is 8.19. The molecule has 1 fully saturated rings. The lowest BCUT2D eigenvalue weighted by atomic mass is 9.97. The highest BCUT2D eigenvalue weighted by atomic mass is 35.5. The number of esters is 1. The Hall–Kier alpha value is -2.13. The average Bonchev–Trinajstić information content (AvgIpc) is 2.81. The van der Waals surface area contributed by atoms with Gasteiger partial charge in [0.05, 0.1) is 24.0 Å². The molecular formula is C24H28Cl2N2O5S. The first kappa shape index (κ1) is 26.5. The van der Waals surface area contributed by atoms with E-state index >= 15 is 0 Å². The Bertz CT molecular complexity index is 1110. The monoisotopic (exact) mass is 526 g/mol. The molecule has 3 rings (SSSR count). The van der Waals surface area contributed by atoms with E-state index in [2.05, 4.69) is 0 Å². The number of hydrogen-bond donors (Lipinski definition) is 0. The Labute approximate surface area is 210 Å².